The van der Waals surface area contributed by atoms with Gasteiger partial charge in [0.2, 0.25) is 0 Å². The Labute approximate surface area is 485 Å². The molecule has 0 amide bonds. The Kier molecular flexibility index (Phi) is 32.7. The summed E-state index contributed by atoms with van der Waals surface area (Å²) in [6, 6.07) is 82.8. The molecule has 0 aliphatic carbocycles. The molecule has 13 heteroatoms. The average molecular weight is 1700 g/mol. The van der Waals surface area contributed by atoms with Gasteiger partial charge in [0.25, 0.3) is 0 Å². The summed E-state index contributed by atoms with van der Waals surface area (Å²) in [6.45, 7) is 4.19. The van der Waals surface area contributed by atoms with Crippen molar-refractivity contribution >= 4 is 32.7 Å². The Bertz CT molecular complexity index is 2860. The molecule has 0 unspecified atom stereocenters. The number of ether oxygens (including phenoxy) is 1. The average Bonchev–Trinajstić information content (AvgIpc) is 3.96. The van der Waals surface area contributed by atoms with Crippen molar-refractivity contribution in [3.63, 3.8) is 0 Å². The molecular formula is C60H52F3N5OPt4-4. The Morgan fingerprint density at radius 2 is 0.712 bits per heavy atom. The summed E-state index contributed by atoms with van der Waals surface area (Å²) in [4.78, 5) is 13.8. The molecule has 11 aromatic rings. The summed E-state index contributed by atoms with van der Waals surface area (Å²) in [6.07, 6.45) is -0.354. The van der Waals surface area contributed by atoms with Crippen LogP contribution in [0.5, 0.6) is 0 Å². The quantitative estimate of drug-likeness (QED) is 0.164. The molecule has 388 valence electrons. The normalized spacial score (nSPS) is 9.53. The van der Waals surface area contributed by atoms with E-state index in [1.54, 1.807) is 25.1 Å². The van der Waals surface area contributed by atoms with Gasteiger partial charge in [-0.1, -0.05) is 105 Å². The van der Waals surface area contributed by atoms with Gasteiger partial charge >= 0.3 is 6.18 Å². The molecule has 0 saturated heterocycles. The number of halogens is 3. The van der Waals surface area contributed by atoms with E-state index in [1.165, 1.54) is 16.2 Å². The van der Waals surface area contributed by atoms with Crippen molar-refractivity contribution in [1.82, 2.24) is 24.7 Å². The molecule has 0 radical (unpaired) electrons. The Balaban J connectivity index is 0.000000453. The van der Waals surface area contributed by atoms with Crippen LogP contribution in [-0.2, 0) is 89.0 Å². The molecule has 7 aromatic carbocycles. The number of aromatic nitrogens is 5. The van der Waals surface area contributed by atoms with Gasteiger partial charge in [-0.3, -0.25) is 19.6 Å². The van der Waals surface area contributed by atoms with Crippen molar-refractivity contribution < 1.29 is 102 Å². The van der Waals surface area contributed by atoms with E-state index >= 15 is 0 Å². The summed E-state index contributed by atoms with van der Waals surface area (Å²) < 4.78 is 37.1. The molecule has 6 nitrogen and oxygen atoms in total. The van der Waals surface area contributed by atoms with Crippen molar-refractivity contribution in [2.75, 3.05) is 14.2 Å². The molecule has 0 atom stereocenters. The zero-order chi connectivity index (χ0) is 49.1. The predicted molar refractivity (Wildman–Crippen MR) is 276 cm³/mol. The zero-order valence-corrected chi connectivity index (χ0v) is 49.5. The van der Waals surface area contributed by atoms with Gasteiger partial charge in [-0.2, -0.15) is 42.5 Å². The number of hydrogen-bond acceptors (Lipinski definition) is 5. The van der Waals surface area contributed by atoms with Gasteiger partial charge in [-0.05, 0) is 63.2 Å². The third-order valence-electron chi connectivity index (χ3n) is 9.19. The molecular weight excluding hydrogens is 1640 g/mol. The molecule has 4 heterocycles. The van der Waals surface area contributed by atoms with Crippen LogP contribution in [0.25, 0.3) is 72.2 Å². The van der Waals surface area contributed by atoms with Crippen LogP contribution in [0, 0.1) is 24.3 Å². The van der Waals surface area contributed by atoms with Crippen LogP contribution in [0.15, 0.2) is 225 Å². The van der Waals surface area contributed by atoms with E-state index < -0.39 is 6.18 Å². The summed E-state index contributed by atoms with van der Waals surface area (Å²) in [5.74, 6) is 0. The van der Waals surface area contributed by atoms with Crippen LogP contribution in [0.3, 0.4) is 0 Å². The van der Waals surface area contributed by atoms with Crippen molar-refractivity contribution in [2.24, 2.45) is 0 Å². The largest absolute Gasteiger partial charge is 0.388 e. The fraction of sp³-hybridized carbons (Fsp3) is 0.100. The number of methoxy groups -OCH3 is 1. The molecule has 0 spiro atoms. The third kappa shape index (κ3) is 23.1. The van der Waals surface area contributed by atoms with Crippen molar-refractivity contribution in [3.05, 3.63) is 249 Å². The molecule has 0 bridgehead atoms. The van der Waals surface area contributed by atoms with E-state index in [0.29, 0.717) is 0 Å². The number of rotatable bonds is 4. The number of benzene rings is 7. The Morgan fingerprint density at radius 3 is 0.986 bits per heavy atom. The summed E-state index contributed by atoms with van der Waals surface area (Å²) >= 11 is 0. The summed E-state index contributed by atoms with van der Waals surface area (Å²) in [5, 5.41) is 7.58. The molecule has 0 fully saturated rings. The first-order chi connectivity index (χ1) is 33.7. The number of alkyl halides is 3. The second kappa shape index (κ2) is 36.4. The number of fused-ring (bicyclic) bond motifs is 3. The van der Waals surface area contributed by atoms with Gasteiger partial charge in [-0.15, -0.1) is 114 Å². The van der Waals surface area contributed by atoms with E-state index in [1.807, 2.05) is 196 Å². The monoisotopic (exact) mass is 1700 g/mol. The summed E-state index contributed by atoms with van der Waals surface area (Å²) in [5.41, 5.74) is 10.1. The molecule has 11 rings (SSSR count). The Hall–Kier alpha value is -5.52. The molecule has 0 saturated carbocycles. The standard InChI is InChI=1S/3C15H10N.C9H7N2.C2H3F3.C2H6O.C2H6.4Pt/c3*1-2-6-12(7-3-1)15-11-10-13-8-4-5-9-14(13)16-15;1-2-5-9(6-3-1)11-8-4-7-10-11;1-2(3,4)5;1-3-2;1-2;;;;/h3*1-6,8-11H;1-5,7-8H;1H3;1-2H3;1-2H3;;;;/q4*-1;;;;;;;. The molecule has 0 aliphatic heterocycles. The molecule has 4 aromatic heterocycles. The first kappa shape index (κ1) is 65.5. The number of para-hydroxylation sites is 4. The maximum Gasteiger partial charge on any atom is 0.386 e. The molecule has 0 aliphatic rings. The smallest absolute Gasteiger partial charge is 0.386 e. The first-order valence-corrected chi connectivity index (χ1v) is 22.1. The van der Waals surface area contributed by atoms with Crippen LogP contribution in [0.1, 0.15) is 20.8 Å². The minimum atomic E-state index is -4.00. The van der Waals surface area contributed by atoms with E-state index in [2.05, 4.69) is 85.5 Å². The minimum Gasteiger partial charge on any atom is -0.388 e. The fourth-order valence-corrected chi connectivity index (χ4v) is 6.24. The van der Waals surface area contributed by atoms with Crippen molar-refractivity contribution in [3.8, 4) is 39.5 Å². The maximum atomic E-state index is 10.4. The van der Waals surface area contributed by atoms with Gasteiger partial charge in [0.05, 0.1) is 16.6 Å². The van der Waals surface area contributed by atoms with E-state index in [4.69, 9.17) is 0 Å². The van der Waals surface area contributed by atoms with Crippen LogP contribution in [0.4, 0.5) is 13.2 Å². The number of hydrogen-bond donors (Lipinski definition) is 0. The second-order valence-corrected chi connectivity index (χ2v) is 14.4. The van der Waals surface area contributed by atoms with Crippen molar-refractivity contribution in [1.29, 1.82) is 0 Å². The summed E-state index contributed by atoms with van der Waals surface area (Å²) in [7, 11) is 3.25. The van der Waals surface area contributed by atoms with Crippen LogP contribution >= 0.6 is 0 Å². The third-order valence-corrected chi connectivity index (χ3v) is 9.19. The van der Waals surface area contributed by atoms with Gasteiger partial charge in [-0.25, -0.2) is 0 Å². The van der Waals surface area contributed by atoms with Crippen LogP contribution in [-0.4, -0.2) is 45.1 Å². The van der Waals surface area contributed by atoms with E-state index in [9.17, 15) is 13.2 Å². The minimum absolute atomic E-state index is 0. The predicted octanol–water partition coefficient (Wildman–Crippen LogP) is 15.6. The van der Waals surface area contributed by atoms with Gasteiger partial charge < -0.3 is 4.74 Å². The van der Waals surface area contributed by atoms with Crippen LogP contribution in [0.2, 0.25) is 0 Å². The van der Waals surface area contributed by atoms with Gasteiger partial charge in [0.1, 0.15) is 0 Å². The number of pyridine rings is 3. The van der Waals surface area contributed by atoms with E-state index in [-0.39, 0.29) is 91.2 Å². The number of nitrogens with zero attached hydrogens (tertiary/aromatic N) is 5. The van der Waals surface area contributed by atoms with Gasteiger partial charge in [0.15, 0.2) is 0 Å². The second-order valence-electron chi connectivity index (χ2n) is 14.4. The first-order valence-electron chi connectivity index (χ1n) is 22.1. The Morgan fingerprint density at radius 1 is 0.411 bits per heavy atom. The van der Waals surface area contributed by atoms with Gasteiger partial charge in [0, 0.05) is 118 Å². The fourth-order valence-electron chi connectivity index (χ4n) is 6.24. The zero-order valence-electron chi connectivity index (χ0n) is 40.4. The SMILES string of the molecule is CC.CC(F)(F)F.COC.[Pt].[Pt].[Pt].[Pt].[c-]1ccccc1-c1ccc2ccccc2n1.[c-]1ccccc1-c1ccc2ccccc2n1.[c-]1ccccc1-c1ccc2ccccc2n1.[c-]1ccccc1-n1cccn1. The van der Waals surface area contributed by atoms with Crippen molar-refractivity contribution in [2.45, 2.75) is 26.9 Å². The topological polar surface area (TPSA) is 65.7 Å². The molecule has 73 heavy (non-hydrogen) atoms. The molecule has 0 N–H and O–H groups in total. The van der Waals surface area contributed by atoms with Crippen LogP contribution < -0.4 is 0 Å². The van der Waals surface area contributed by atoms with E-state index in [0.717, 1.165) is 56.0 Å². The maximum absolute atomic E-state index is 10.4.